The van der Waals surface area contributed by atoms with Crippen LogP contribution < -0.4 is 15.0 Å². The van der Waals surface area contributed by atoms with Crippen LogP contribution in [0, 0.1) is 0 Å². The highest BCUT2D eigenvalue weighted by Gasteiger charge is 2.27. The van der Waals surface area contributed by atoms with Crippen molar-refractivity contribution in [1.29, 1.82) is 0 Å². The number of rotatable bonds is 5. The number of amides is 1. The van der Waals surface area contributed by atoms with E-state index in [4.69, 9.17) is 16.3 Å². The molecule has 3 aromatic rings. The summed E-state index contributed by atoms with van der Waals surface area (Å²) < 4.78 is 5.39. The van der Waals surface area contributed by atoms with Gasteiger partial charge in [0.15, 0.2) is 0 Å². The lowest BCUT2D eigenvalue weighted by molar-refractivity contribution is 0.0990. The lowest BCUT2D eigenvalue weighted by atomic mass is 10.1. The SMILES string of the molecule is COc1cc(Cl)ccc1CNc1ncccc1C(=O)N1CCc2ccccc21. The van der Waals surface area contributed by atoms with Crippen molar-refractivity contribution in [3.8, 4) is 5.75 Å². The van der Waals surface area contributed by atoms with Crippen LogP contribution in [0.5, 0.6) is 5.75 Å². The van der Waals surface area contributed by atoms with Crippen molar-refractivity contribution >= 4 is 29.0 Å². The Kier molecular flexibility index (Phi) is 5.17. The van der Waals surface area contributed by atoms with Gasteiger partial charge in [0.1, 0.15) is 11.6 Å². The smallest absolute Gasteiger partial charge is 0.262 e. The summed E-state index contributed by atoms with van der Waals surface area (Å²) in [6, 6.07) is 17.1. The van der Waals surface area contributed by atoms with Gasteiger partial charge in [-0.25, -0.2) is 4.98 Å². The number of benzene rings is 2. The molecule has 0 spiro atoms. The van der Waals surface area contributed by atoms with Crippen LogP contribution in [0.15, 0.2) is 60.8 Å². The predicted octanol–water partition coefficient (Wildman–Crippen LogP) is 4.56. The highest BCUT2D eigenvalue weighted by atomic mass is 35.5. The summed E-state index contributed by atoms with van der Waals surface area (Å²) >= 11 is 6.03. The molecule has 2 heterocycles. The highest BCUT2D eigenvalue weighted by Crippen LogP contribution is 2.30. The van der Waals surface area contributed by atoms with Crippen molar-refractivity contribution in [3.05, 3.63) is 82.5 Å². The molecule has 0 unspecified atom stereocenters. The Bertz CT molecular complexity index is 1020. The summed E-state index contributed by atoms with van der Waals surface area (Å²) in [6.45, 7) is 1.14. The van der Waals surface area contributed by atoms with Gasteiger partial charge >= 0.3 is 0 Å². The second kappa shape index (κ2) is 7.90. The lowest BCUT2D eigenvalue weighted by Crippen LogP contribution is -2.29. The maximum absolute atomic E-state index is 13.2. The van der Waals surface area contributed by atoms with Crippen molar-refractivity contribution < 1.29 is 9.53 Å². The maximum atomic E-state index is 13.2. The molecule has 0 radical (unpaired) electrons. The van der Waals surface area contributed by atoms with Gasteiger partial charge in [-0.2, -0.15) is 0 Å². The van der Waals surface area contributed by atoms with Crippen LogP contribution in [0.25, 0.3) is 0 Å². The first-order valence-corrected chi connectivity index (χ1v) is 9.46. The Morgan fingerprint density at radius 3 is 2.93 bits per heavy atom. The fourth-order valence-electron chi connectivity index (χ4n) is 3.46. The Balaban J connectivity index is 1.57. The number of carbonyl (C=O) groups excluding carboxylic acids is 1. The first-order chi connectivity index (χ1) is 13.7. The van der Waals surface area contributed by atoms with Gasteiger partial charge in [0.25, 0.3) is 5.91 Å². The van der Waals surface area contributed by atoms with Crippen molar-refractivity contribution in [2.24, 2.45) is 0 Å². The van der Waals surface area contributed by atoms with Gasteiger partial charge in [0.2, 0.25) is 0 Å². The number of methoxy groups -OCH3 is 1. The third-order valence-electron chi connectivity index (χ3n) is 4.87. The standard InChI is InChI=1S/C22H20ClN3O2/c1-28-20-13-17(23)9-8-16(20)14-25-21-18(6-4-11-24-21)22(27)26-12-10-15-5-2-3-7-19(15)26/h2-9,11,13H,10,12,14H2,1H3,(H,24,25). The number of aromatic nitrogens is 1. The Morgan fingerprint density at radius 1 is 1.21 bits per heavy atom. The zero-order valence-electron chi connectivity index (χ0n) is 15.5. The van der Waals surface area contributed by atoms with Crippen LogP contribution in [-0.4, -0.2) is 24.5 Å². The molecule has 6 heteroatoms. The van der Waals surface area contributed by atoms with Gasteiger partial charge < -0.3 is 15.0 Å². The van der Waals surface area contributed by atoms with E-state index in [2.05, 4.69) is 16.4 Å². The molecule has 1 aliphatic rings. The van der Waals surface area contributed by atoms with Crippen molar-refractivity contribution in [2.75, 3.05) is 23.9 Å². The van der Waals surface area contributed by atoms with Crippen molar-refractivity contribution in [2.45, 2.75) is 13.0 Å². The number of anilines is 2. The van der Waals surface area contributed by atoms with E-state index in [0.717, 1.165) is 17.7 Å². The molecule has 1 amide bonds. The van der Waals surface area contributed by atoms with E-state index in [-0.39, 0.29) is 5.91 Å². The summed E-state index contributed by atoms with van der Waals surface area (Å²) in [4.78, 5) is 19.4. The number of nitrogens with one attached hydrogen (secondary N) is 1. The van der Waals surface area contributed by atoms with Gasteiger partial charge in [-0.05, 0) is 42.3 Å². The third kappa shape index (κ3) is 3.53. The number of para-hydroxylation sites is 1. The van der Waals surface area contributed by atoms with Gasteiger partial charge in [0.05, 0.1) is 12.7 Å². The molecular formula is C22H20ClN3O2. The van der Waals surface area contributed by atoms with E-state index in [0.29, 0.717) is 35.2 Å². The molecule has 4 rings (SSSR count). The predicted molar refractivity (Wildman–Crippen MR) is 111 cm³/mol. The summed E-state index contributed by atoms with van der Waals surface area (Å²) in [5, 5.41) is 3.88. The number of fused-ring (bicyclic) bond motifs is 1. The minimum absolute atomic E-state index is 0.0522. The van der Waals surface area contributed by atoms with Crippen molar-refractivity contribution in [1.82, 2.24) is 4.98 Å². The lowest BCUT2D eigenvalue weighted by Gasteiger charge is -2.19. The first kappa shape index (κ1) is 18.3. The molecular weight excluding hydrogens is 374 g/mol. The summed E-state index contributed by atoms with van der Waals surface area (Å²) in [5.74, 6) is 1.19. The minimum atomic E-state index is -0.0522. The number of carbonyl (C=O) groups is 1. The molecule has 0 saturated heterocycles. The number of halogens is 1. The van der Waals surface area contributed by atoms with E-state index in [1.165, 1.54) is 5.56 Å². The van der Waals surface area contributed by atoms with Crippen LogP contribution in [-0.2, 0) is 13.0 Å². The summed E-state index contributed by atoms with van der Waals surface area (Å²) in [6.07, 6.45) is 2.54. The van der Waals surface area contributed by atoms with E-state index in [1.807, 2.05) is 35.2 Å². The fraction of sp³-hybridized carbons (Fsp3) is 0.182. The number of hydrogen-bond acceptors (Lipinski definition) is 4. The Morgan fingerprint density at radius 2 is 2.07 bits per heavy atom. The second-order valence-electron chi connectivity index (χ2n) is 6.54. The highest BCUT2D eigenvalue weighted by molar-refractivity contribution is 6.30. The molecule has 0 saturated carbocycles. The van der Waals surface area contributed by atoms with Gasteiger partial charge in [0, 0.05) is 35.6 Å². The molecule has 28 heavy (non-hydrogen) atoms. The molecule has 2 aromatic carbocycles. The van der Waals surface area contributed by atoms with Crippen LogP contribution in [0.3, 0.4) is 0 Å². The zero-order valence-corrected chi connectivity index (χ0v) is 16.2. The zero-order chi connectivity index (χ0) is 19.5. The van der Waals surface area contributed by atoms with Gasteiger partial charge in [-0.15, -0.1) is 0 Å². The normalized spacial score (nSPS) is 12.6. The van der Waals surface area contributed by atoms with Crippen LogP contribution in [0.2, 0.25) is 5.02 Å². The summed E-state index contributed by atoms with van der Waals surface area (Å²) in [5.41, 5.74) is 3.65. The van der Waals surface area contributed by atoms with E-state index in [1.54, 1.807) is 31.5 Å². The average molecular weight is 394 g/mol. The van der Waals surface area contributed by atoms with E-state index < -0.39 is 0 Å². The molecule has 1 aliphatic heterocycles. The first-order valence-electron chi connectivity index (χ1n) is 9.08. The number of hydrogen-bond donors (Lipinski definition) is 1. The molecule has 0 fully saturated rings. The summed E-state index contributed by atoms with van der Waals surface area (Å²) in [7, 11) is 1.61. The molecule has 0 atom stereocenters. The topological polar surface area (TPSA) is 54.5 Å². The largest absolute Gasteiger partial charge is 0.496 e. The monoisotopic (exact) mass is 393 g/mol. The minimum Gasteiger partial charge on any atom is -0.496 e. The Labute approximate surface area is 168 Å². The molecule has 0 aliphatic carbocycles. The van der Waals surface area contributed by atoms with Crippen LogP contribution in [0.1, 0.15) is 21.5 Å². The maximum Gasteiger partial charge on any atom is 0.262 e. The van der Waals surface area contributed by atoms with Crippen LogP contribution >= 0.6 is 11.6 Å². The average Bonchev–Trinajstić information content (AvgIpc) is 3.16. The Hall–Kier alpha value is -3.05. The molecule has 5 nitrogen and oxygen atoms in total. The number of ether oxygens (including phenoxy) is 1. The van der Waals surface area contributed by atoms with Gasteiger partial charge in [-0.3, -0.25) is 4.79 Å². The molecule has 0 bridgehead atoms. The molecule has 142 valence electrons. The van der Waals surface area contributed by atoms with E-state index in [9.17, 15) is 4.79 Å². The van der Waals surface area contributed by atoms with Gasteiger partial charge in [-0.1, -0.05) is 35.9 Å². The van der Waals surface area contributed by atoms with Crippen molar-refractivity contribution in [3.63, 3.8) is 0 Å². The number of nitrogens with zero attached hydrogens (tertiary/aromatic N) is 2. The fourth-order valence-corrected chi connectivity index (χ4v) is 3.62. The van der Waals surface area contributed by atoms with Crippen LogP contribution in [0.4, 0.5) is 11.5 Å². The van der Waals surface area contributed by atoms with E-state index >= 15 is 0 Å². The second-order valence-corrected chi connectivity index (χ2v) is 6.98. The molecule has 1 aromatic heterocycles. The number of pyridine rings is 1. The third-order valence-corrected chi connectivity index (χ3v) is 5.10. The quantitative estimate of drug-likeness (QED) is 0.690. The molecule has 1 N–H and O–H groups in total.